The fourth-order valence-corrected chi connectivity index (χ4v) is 3.98. The lowest BCUT2D eigenvalue weighted by Gasteiger charge is -2.27. The zero-order valence-corrected chi connectivity index (χ0v) is 24.9. The Hall–Kier alpha value is -3.49. The van der Waals surface area contributed by atoms with Gasteiger partial charge in [-0.3, -0.25) is 4.98 Å². The van der Waals surface area contributed by atoms with Gasteiger partial charge in [-0.1, -0.05) is 61.0 Å². The van der Waals surface area contributed by atoms with Gasteiger partial charge in [-0.15, -0.1) is 0 Å². The second kappa shape index (κ2) is 18.7. The molecule has 0 bridgehead atoms. The number of pyridine rings is 1. The van der Waals surface area contributed by atoms with Crippen LogP contribution in [-0.2, 0) is 16.1 Å². The molecule has 0 aliphatic heterocycles. The van der Waals surface area contributed by atoms with E-state index in [1.807, 2.05) is 20.0 Å². The maximum absolute atomic E-state index is 13.4. The van der Waals surface area contributed by atoms with E-state index >= 15 is 0 Å². The predicted octanol–water partition coefficient (Wildman–Crippen LogP) is 6.73. The summed E-state index contributed by atoms with van der Waals surface area (Å²) in [6.45, 7) is 12.3. The molecule has 40 heavy (non-hydrogen) atoms. The van der Waals surface area contributed by atoms with E-state index in [2.05, 4.69) is 48.1 Å². The number of aromatic nitrogens is 1. The summed E-state index contributed by atoms with van der Waals surface area (Å²) in [7, 11) is 1.75. The van der Waals surface area contributed by atoms with Crippen LogP contribution < -0.4 is 11.1 Å². The van der Waals surface area contributed by atoms with E-state index in [0.717, 1.165) is 31.2 Å². The van der Waals surface area contributed by atoms with E-state index < -0.39 is 5.82 Å². The van der Waals surface area contributed by atoms with Crippen LogP contribution in [0.2, 0.25) is 5.02 Å². The normalized spacial score (nSPS) is 10.8. The number of hydrogen-bond acceptors (Lipinski definition) is 5. The molecule has 1 aromatic heterocycles. The molecule has 1 atom stereocenters. The molecule has 7 nitrogen and oxygen atoms in total. The number of rotatable bonds is 10. The van der Waals surface area contributed by atoms with E-state index in [0.29, 0.717) is 24.5 Å². The van der Waals surface area contributed by atoms with E-state index in [9.17, 15) is 9.18 Å². The molecule has 3 N–H and O–H groups in total. The molecule has 3 aromatic rings. The van der Waals surface area contributed by atoms with E-state index in [4.69, 9.17) is 26.9 Å². The first-order valence-corrected chi connectivity index (χ1v) is 13.6. The fourth-order valence-electron chi connectivity index (χ4n) is 3.78. The Balaban J connectivity index is 0.000000437. The molecule has 0 spiro atoms. The van der Waals surface area contributed by atoms with E-state index in [-0.39, 0.29) is 23.6 Å². The maximum atomic E-state index is 13.4. The van der Waals surface area contributed by atoms with Crippen LogP contribution in [0.1, 0.15) is 49.9 Å². The van der Waals surface area contributed by atoms with Gasteiger partial charge in [-0.2, -0.15) is 0 Å². The number of nitrogens with one attached hydrogen (secondary N) is 1. The molecule has 2 aromatic carbocycles. The average molecular weight is 573 g/mol. The zero-order chi connectivity index (χ0) is 30.1. The van der Waals surface area contributed by atoms with Gasteiger partial charge in [0.25, 0.3) is 0 Å². The summed E-state index contributed by atoms with van der Waals surface area (Å²) < 4.78 is 18.8. The minimum Gasteiger partial charge on any atom is -0.497 e. The first kappa shape index (κ1) is 34.5. The molecule has 1 unspecified atom stereocenters. The van der Waals surface area contributed by atoms with Crippen LogP contribution in [0.25, 0.3) is 10.8 Å². The SMILES string of the molecule is C=C(CN)OCCCC(CC)N(C)C(=O)NCc1cccc(F)c1Cl.CC=O.Cc1ccc2cnc(C)cc2c1. The molecule has 0 fully saturated rings. The fraction of sp³-hybridized carbons (Fsp3) is 0.387. The van der Waals surface area contributed by atoms with Gasteiger partial charge in [0.15, 0.2) is 0 Å². The van der Waals surface area contributed by atoms with Crippen LogP contribution in [0, 0.1) is 19.7 Å². The van der Waals surface area contributed by atoms with Crippen LogP contribution in [0.3, 0.4) is 0 Å². The van der Waals surface area contributed by atoms with Crippen LogP contribution >= 0.6 is 11.6 Å². The van der Waals surface area contributed by atoms with Crippen molar-refractivity contribution in [3.8, 4) is 0 Å². The maximum Gasteiger partial charge on any atom is 0.317 e. The third-order valence-corrected chi connectivity index (χ3v) is 6.45. The number of fused-ring (bicyclic) bond motifs is 1. The number of aldehydes is 1. The highest BCUT2D eigenvalue weighted by Crippen LogP contribution is 2.19. The third-order valence-electron chi connectivity index (χ3n) is 6.03. The number of hydrogen-bond donors (Lipinski definition) is 2. The van der Waals surface area contributed by atoms with Crippen molar-refractivity contribution in [2.24, 2.45) is 5.73 Å². The van der Waals surface area contributed by atoms with Crippen LogP contribution in [-0.4, -0.2) is 48.4 Å². The Morgan fingerprint density at radius 1 is 1.25 bits per heavy atom. The molecular formula is C31H42ClFN4O3. The zero-order valence-electron chi connectivity index (χ0n) is 24.2. The number of aryl methyl sites for hydroxylation is 2. The Morgan fingerprint density at radius 2 is 1.95 bits per heavy atom. The summed E-state index contributed by atoms with van der Waals surface area (Å²) in [5, 5.41) is 5.30. The molecule has 0 aliphatic rings. The Kier molecular flexibility index (Phi) is 16.2. The highest BCUT2D eigenvalue weighted by atomic mass is 35.5. The van der Waals surface area contributed by atoms with Crippen LogP contribution in [0.15, 0.2) is 61.0 Å². The van der Waals surface area contributed by atoms with Crippen LogP contribution in [0.4, 0.5) is 9.18 Å². The first-order valence-electron chi connectivity index (χ1n) is 13.2. The molecule has 0 aliphatic carbocycles. The molecule has 3 rings (SSSR count). The summed E-state index contributed by atoms with van der Waals surface area (Å²) in [5.41, 5.74) is 8.33. The number of ether oxygens (including phenoxy) is 1. The number of benzene rings is 2. The van der Waals surface area contributed by atoms with Gasteiger partial charge < -0.3 is 25.5 Å². The van der Waals surface area contributed by atoms with Gasteiger partial charge in [-0.25, -0.2) is 9.18 Å². The van der Waals surface area contributed by atoms with E-state index in [1.54, 1.807) is 24.1 Å². The highest BCUT2D eigenvalue weighted by Gasteiger charge is 2.18. The Bertz CT molecular complexity index is 1200. The number of urea groups is 1. The molecule has 0 saturated carbocycles. The van der Waals surface area contributed by atoms with Crippen LogP contribution in [0.5, 0.6) is 0 Å². The lowest BCUT2D eigenvalue weighted by molar-refractivity contribution is -0.106. The number of amides is 2. The standard InChI is InChI=1S/C18H27ClFN3O2.C11H11N.C2H4O/c1-4-15(8-6-10-25-13(2)11-21)23(3)18(24)22-12-14-7-5-9-16(20)17(14)19;1-8-3-4-10-7-12-9(2)6-11(10)5-8;1-2-3/h5,7,9,15H,2,4,6,8,10-12,21H2,1,3H3,(H,22,24);3-7H,1-2H3;2H,1H3. The molecule has 9 heteroatoms. The summed E-state index contributed by atoms with van der Waals surface area (Å²) >= 11 is 5.90. The molecule has 1 heterocycles. The quantitative estimate of drug-likeness (QED) is 0.159. The molecule has 2 amide bonds. The number of halogens is 2. The smallest absolute Gasteiger partial charge is 0.317 e. The van der Waals surface area contributed by atoms with Gasteiger partial charge in [0.2, 0.25) is 0 Å². The van der Waals surface area contributed by atoms with Gasteiger partial charge in [0.1, 0.15) is 17.9 Å². The summed E-state index contributed by atoms with van der Waals surface area (Å²) in [5.74, 6) is 0.0680. The molecule has 0 radical (unpaired) electrons. The van der Waals surface area contributed by atoms with Crippen molar-refractivity contribution in [1.82, 2.24) is 15.2 Å². The monoisotopic (exact) mass is 572 g/mol. The van der Waals surface area contributed by atoms with Crippen molar-refractivity contribution >= 4 is 34.7 Å². The summed E-state index contributed by atoms with van der Waals surface area (Å²) in [6, 6.07) is 12.9. The molecule has 0 saturated heterocycles. The Morgan fingerprint density at radius 3 is 2.60 bits per heavy atom. The Labute approximate surface area is 242 Å². The van der Waals surface area contributed by atoms with Crippen molar-refractivity contribution in [3.05, 3.63) is 88.7 Å². The van der Waals surface area contributed by atoms with Crippen molar-refractivity contribution in [1.29, 1.82) is 0 Å². The lowest BCUT2D eigenvalue weighted by Crippen LogP contribution is -2.43. The van der Waals surface area contributed by atoms with Gasteiger partial charge in [0.05, 0.1) is 18.2 Å². The number of carbonyl (C=O) groups is 2. The summed E-state index contributed by atoms with van der Waals surface area (Å²) in [6.07, 6.45) is 5.09. The number of nitrogens with two attached hydrogens (primary N) is 1. The predicted molar refractivity (Wildman–Crippen MR) is 162 cm³/mol. The summed E-state index contributed by atoms with van der Waals surface area (Å²) in [4.78, 5) is 27.0. The third kappa shape index (κ3) is 12.1. The minimum absolute atomic E-state index is 0.0368. The second-order valence-corrected chi connectivity index (χ2v) is 9.57. The molecule has 218 valence electrons. The minimum atomic E-state index is -0.493. The van der Waals surface area contributed by atoms with Gasteiger partial charge >= 0.3 is 6.03 Å². The van der Waals surface area contributed by atoms with Gasteiger partial charge in [0, 0.05) is 36.9 Å². The molecular weight excluding hydrogens is 531 g/mol. The van der Waals surface area contributed by atoms with Crippen molar-refractivity contribution in [3.63, 3.8) is 0 Å². The van der Waals surface area contributed by atoms with Crippen molar-refractivity contribution in [2.45, 2.75) is 59.5 Å². The van der Waals surface area contributed by atoms with Gasteiger partial charge in [-0.05, 0) is 63.1 Å². The lowest BCUT2D eigenvalue weighted by atomic mass is 10.1. The van der Waals surface area contributed by atoms with Crippen molar-refractivity contribution in [2.75, 3.05) is 20.2 Å². The topological polar surface area (TPSA) is 97.5 Å². The van der Waals surface area contributed by atoms with E-state index in [1.165, 1.54) is 29.3 Å². The number of carbonyl (C=O) groups excluding carboxylic acids is 2. The highest BCUT2D eigenvalue weighted by molar-refractivity contribution is 6.31. The first-order chi connectivity index (χ1) is 19.1. The average Bonchev–Trinajstić information content (AvgIpc) is 2.93. The number of nitrogens with zero attached hydrogens (tertiary/aromatic N) is 2. The van der Waals surface area contributed by atoms with Crippen molar-refractivity contribution < 1.29 is 18.7 Å². The second-order valence-electron chi connectivity index (χ2n) is 9.19. The largest absolute Gasteiger partial charge is 0.497 e.